The van der Waals surface area contributed by atoms with Crippen LogP contribution in [0.2, 0.25) is 0 Å². The Labute approximate surface area is 85.7 Å². The van der Waals surface area contributed by atoms with Crippen LogP contribution in [0.1, 0.15) is 19.3 Å². The Bertz CT molecular complexity index is 343. The van der Waals surface area contributed by atoms with Crippen LogP contribution in [0.3, 0.4) is 0 Å². The molecule has 8 heteroatoms. The molecule has 0 aromatic heterocycles. The number of carbonyl (C=O) groups is 1. The molecule has 0 aromatic rings. The molecule has 1 atom stereocenters. The Kier molecular flexibility index (Phi) is 3.61. The van der Waals surface area contributed by atoms with Crippen molar-refractivity contribution in [1.82, 2.24) is 4.31 Å². The number of sulfonamides is 1. The molecule has 0 spiro atoms. The fourth-order valence-electron chi connectivity index (χ4n) is 1.56. The van der Waals surface area contributed by atoms with E-state index in [1.165, 1.54) is 0 Å². The zero-order valence-corrected chi connectivity index (χ0v) is 8.58. The molecule has 88 valence electrons. The Hall–Kier alpha value is -0.760. The van der Waals surface area contributed by atoms with Crippen LogP contribution in [0.4, 0.5) is 8.78 Å². The van der Waals surface area contributed by atoms with E-state index >= 15 is 0 Å². The van der Waals surface area contributed by atoms with Gasteiger partial charge in [0.05, 0.1) is 0 Å². The second-order valence-electron chi connectivity index (χ2n) is 3.27. The summed E-state index contributed by atoms with van der Waals surface area (Å²) < 4.78 is 47.0. The Balaban J connectivity index is 2.95. The molecule has 0 aliphatic carbocycles. The van der Waals surface area contributed by atoms with Crippen LogP contribution in [0, 0.1) is 0 Å². The van der Waals surface area contributed by atoms with Gasteiger partial charge in [0.15, 0.2) is 0 Å². The smallest absolute Gasteiger partial charge is 0.350 e. The summed E-state index contributed by atoms with van der Waals surface area (Å²) in [4.78, 5) is 10.7. The van der Waals surface area contributed by atoms with Crippen molar-refractivity contribution < 1.29 is 27.1 Å². The first-order valence-electron chi connectivity index (χ1n) is 4.39. The summed E-state index contributed by atoms with van der Waals surface area (Å²) in [6.07, 6.45) is 1.03. The highest BCUT2D eigenvalue weighted by atomic mass is 32.2. The van der Waals surface area contributed by atoms with Gasteiger partial charge in [-0.25, -0.2) is 8.42 Å². The van der Waals surface area contributed by atoms with Crippen molar-refractivity contribution in [2.45, 2.75) is 31.1 Å². The molecule has 0 unspecified atom stereocenters. The summed E-state index contributed by atoms with van der Waals surface area (Å²) in [5.74, 6) is -4.93. The first-order valence-corrected chi connectivity index (χ1v) is 5.89. The van der Waals surface area contributed by atoms with E-state index in [4.69, 9.17) is 5.11 Å². The molecule has 1 heterocycles. The molecule has 0 bridgehead atoms. The molecule has 0 saturated carbocycles. The summed E-state index contributed by atoms with van der Waals surface area (Å²) in [6, 6.07) is -1.35. The van der Waals surface area contributed by atoms with E-state index in [0.29, 0.717) is 17.1 Å². The van der Waals surface area contributed by atoms with Gasteiger partial charge >= 0.3 is 11.7 Å². The zero-order valence-electron chi connectivity index (χ0n) is 7.77. The van der Waals surface area contributed by atoms with E-state index in [9.17, 15) is 22.0 Å². The molecule has 5 nitrogen and oxygen atoms in total. The van der Waals surface area contributed by atoms with Gasteiger partial charge in [-0.15, -0.1) is 0 Å². The standard InChI is InChI=1S/C7H11F2NO4S/c8-7(9)15(13,14)10-4-2-1-3-5(10)6(11)12/h5,7H,1-4H2,(H,11,12)/t5-/m1/s1. The van der Waals surface area contributed by atoms with Crippen LogP contribution in [0.5, 0.6) is 0 Å². The van der Waals surface area contributed by atoms with Gasteiger partial charge in [0, 0.05) is 6.54 Å². The topological polar surface area (TPSA) is 74.7 Å². The van der Waals surface area contributed by atoms with Gasteiger partial charge in [-0.1, -0.05) is 0 Å². The summed E-state index contributed by atoms with van der Waals surface area (Å²) in [5.41, 5.74) is 0. The summed E-state index contributed by atoms with van der Waals surface area (Å²) >= 11 is 0. The number of rotatable bonds is 3. The van der Waals surface area contributed by atoms with Crippen molar-refractivity contribution in [2.24, 2.45) is 0 Å². The minimum absolute atomic E-state index is 0.0846. The number of carboxylic acids is 1. The second-order valence-corrected chi connectivity index (χ2v) is 5.12. The van der Waals surface area contributed by atoms with Crippen LogP contribution < -0.4 is 0 Å². The Morgan fingerprint density at radius 2 is 2.00 bits per heavy atom. The lowest BCUT2D eigenvalue weighted by molar-refractivity contribution is -0.142. The lowest BCUT2D eigenvalue weighted by Crippen LogP contribution is -2.49. The fraction of sp³-hybridized carbons (Fsp3) is 0.857. The van der Waals surface area contributed by atoms with Crippen molar-refractivity contribution in [2.75, 3.05) is 6.54 Å². The minimum Gasteiger partial charge on any atom is -0.480 e. The summed E-state index contributed by atoms with van der Waals surface area (Å²) in [6.45, 7) is -0.149. The van der Waals surface area contributed by atoms with Crippen molar-refractivity contribution in [1.29, 1.82) is 0 Å². The van der Waals surface area contributed by atoms with Crippen LogP contribution in [0.15, 0.2) is 0 Å². The third-order valence-electron chi connectivity index (χ3n) is 2.29. The molecule has 0 aromatic carbocycles. The second kappa shape index (κ2) is 4.40. The number of nitrogens with zero attached hydrogens (tertiary/aromatic N) is 1. The average molecular weight is 243 g/mol. The highest BCUT2D eigenvalue weighted by molar-refractivity contribution is 7.89. The maximum absolute atomic E-state index is 12.2. The number of piperidine rings is 1. The predicted octanol–water partition coefficient (Wildman–Crippen LogP) is 0.478. The van der Waals surface area contributed by atoms with E-state index in [-0.39, 0.29) is 13.0 Å². The molecule has 1 N–H and O–H groups in total. The first-order chi connectivity index (χ1) is 6.87. The third-order valence-corrected chi connectivity index (χ3v) is 3.83. The lowest BCUT2D eigenvalue weighted by Gasteiger charge is -2.31. The van der Waals surface area contributed by atoms with Crippen molar-refractivity contribution in [3.63, 3.8) is 0 Å². The highest BCUT2D eigenvalue weighted by Gasteiger charge is 2.41. The van der Waals surface area contributed by atoms with Crippen molar-refractivity contribution in [3.8, 4) is 0 Å². The van der Waals surface area contributed by atoms with E-state index in [2.05, 4.69) is 0 Å². The van der Waals surface area contributed by atoms with Crippen molar-refractivity contribution >= 4 is 16.0 Å². The number of hydrogen-bond acceptors (Lipinski definition) is 3. The molecule has 1 fully saturated rings. The van der Waals surface area contributed by atoms with Crippen LogP contribution >= 0.6 is 0 Å². The fourth-order valence-corrected chi connectivity index (χ4v) is 2.70. The average Bonchev–Trinajstić information content (AvgIpc) is 2.17. The maximum Gasteiger partial charge on any atom is 0.350 e. The maximum atomic E-state index is 12.2. The van der Waals surface area contributed by atoms with Crippen molar-refractivity contribution in [3.05, 3.63) is 0 Å². The molecule has 1 rings (SSSR count). The Morgan fingerprint density at radius 1 is 1.40 bits per heavy atom. The van der Waals surface area contributed by atoms with E-state index in [1.807, 2.05) is 0 Å². The number of aliphatic carboxylic acids is 1. The summed E-state index contributed by atoms with van der Waals surface area (Å²) in [7, 11) is -4.77. The van der Waals surface area contributed by atoms with E-state index in [1.54, 1.807) is 0 Å². The highest BCUT2D eigenvalue weighted by Crippen LogP contribution is 2.23. The van der Waals surface area contributed by atoms with Gasteiger partial charge in [-0.05, 0) is 19.3 Å². The van der Waals surface area contributed by atoms with Crippen LogP contribution in [-0.2, 0) is 14.8 Å². The van der Waals surface area contributed by atoms with Crippen LogP contribution in [0.25, 0.3) is 0 Å². The predicted molar refractivity (Wildman–Crippen MR) is 46.9 cm³/mol. The molecule has 1 aliphatic heterocycles. The largest absolute Gasteiger partial charge is 0.480 e. The number of halogens is 2. The third kappa shape index (κ3) is 2.43. The lowest BCUT2D eigenvalue weighted by atomic mass is 10.1. The SMILES string of the molecule is O=C(O)[C@H]1CCCCN1S(=O)(=O)C(F)F. The molecular weight excluding hydrogens is 232 g/mol. The Morgan fingerprint density at radius 3 is 2.47 bits per heavy atom. The summed E-state index contributed by atoms with van der Waals surface area (Å²) in [5, 5.41) is 8.70. The van der Waals surface area contributed by atoms with Gasteiger partial charge in [0.25, 0.3) is 10.0 Å². The molecule has 15 heavy (non-hydrogen) atoms. The normalized spacial score (nSPS) is 24.3. The number of alkyl halides is 2. The van der Waals surface area contributed by atoms with Crippen LogP contribution in [-0.4, -0.2) is 42.1 Å². The molecule has 0 radical (unpaired) electrons. The van der Waals surface area contributed by atoms with Gasteiger partial charge in [0.2, 0.25) is 0 Å². The quantitative estimate of drug-likeness (QED) is 0.782. The van der Waals surface area contributed by atoms with Gasteiger partial charge in [0.1, 0.15) is 6.04 Å². The van der Waals surface area contributed by atoms with Gasteiger partial charge in [-0.2, -0.15) is 13.1 Å². The number of hydrogen-bond donors (Lipinski definition) is 1. The first kappa shape index (κ1) is 12.3. The monoisotopic (exact) mass is 243 g/mol. The number of carboxylic acid groups (broad SMARTS) is 1. The van der Waals surface area contributed by atoms with Gasteiger partial charge < -0.3 is 5.11 Å². The van der Waals surface area contributed by atoms with E-state index in [0.717, 1.165) is 0 Å². The molecule has 1 aliphatic rings. The van der Waals surface area contributed by atoms with E-state index < -0.39 is 27.8 Å². The van der Waals surface area contributed by atoms with Gasteiger partial charge in [-0.3, -0.25) is 4.79 Å². The minimum atomic E-state index is -4.77. The molecule has 1 saturated heterocycles. The molecule has 0 amide bonds. The zero-order chi connectivity index (χ0) is 11.6. The molecular formula is C7H11F2NO4S.